The van der Waals surface area contributed by atoms with Crippen LogP contribution >= 0.6 is 0 Å². The topological polar surface area (TPSA) is 79.4 Å². The fourth-order valence-corrected chi connectivity index (χ4v) is 4.80. The molecule has 1 aliphatic heterocycles. The third-order valence-corrected chi connectivity index (χ3v) is 5.92. The van der Waals surface area contributed by atoms with E-state index in [1.807, 2.05) is 19.9 Å². The fraction of sp³-hybridized carbons (Fsp3) is 0.600. The SMILES string of the molecule is CCN(CC)c1ccc(C(=O)NC2(C)CCS(=O)(=O)C2)cn1. The number of nitrogens with zero attached hydrogens (tertiary/aromatic N) is 2. The molecule has 0 aliphatic carbocycles. The Morgan fingerprint density at radius 2 is 2.05 bits per heavy atom. The van der Waals surface area contributed by atoms with E-state index < -0.39 is 15.4 Å². The molecule has 0 bridgehead atoms. The zero-order valence-corrected chi connectivity index (χ0v) is 14.1. The van der Waals surface area contributed by atoms with E-state index in [4.69, 9.17) is 0 Å². The van der Waals surface area contributed by atoms with Gasteiger partial charge in [-0.15, -0.1) is 0 Å². The van der Waals surface area contributed by atoms with Crippen molar-refractivity contribution in [3.05, 3.63) is 23.9 Å². The largest absolute Gasteiger partial charge is 0.357 e. The van der Waals surface area contributed by atoms with E-state index in [0.717, 1.165) is 18.9 Å². The molecule has 7 heteroatoms. The molecule has 1 fully saturated rings. The van der Waals surface area contributed by atoms with Gasteiger partial charge in [0, 0.05) is 19.3 Å². The van der Waals surface area contributed by atoms with Crippen LogP contribution in [0.2, 0.25) is 0 Å². The highest BCUT2D eigenvalue weighted by Crippen LogP contribution is 2.23. The van der Waals surface area contributed by atoms with Crippen LogP contribution in [-0.4, -0.2) is 49.4 Å². The van der Waals surface area contributed by atoms with Crippen LogP contribution in [0.5, 0.6) is 0 Å². The normalized spacial score (nSPS) is 23.2. The van der Waals surface area contributed by atoms with Gasteiger partial charge in [0.05, 0.1) is 22.6 Å². The quantitative estimate of drug-likeness (QED) is 0.881. The van der Waals surface area contributed by atoms with Crippen LogP contribution < -0.4 is 10.2 Å². The van der Waals surface area contributed by atoms with Crippen molar-refractivity contribution in [3.8, 4) is 0 Å². The summed E-state index contributed by atoms with van der Waals surface area (Å²) < 4.78 is 23.2. The smallest absolute Gasteiger partial charge is 0.253 e. The Morgan fingerprint density at radius 1 is 1.36 bits per heavy atom. The average Bonchev–Trinajstić information content (AvgIpc) is 2.74. The Morgan fingerprint density at radius 3 is 2.50 bits per heavy atom. The molecule has 1 atom stereocenters. The molecule has 1 saturated heterocycles. The van der Waals surface area contributed by atoms with Crippen LogP contribution in [0, 0.1) is 0 Å². The number of sulfone groups is 1. The van der Waals surface area contributed by atoms with Gasteiger partial charge < -0.3 is 10.2 Å². The van der Waals surface area contributed by atoms with E-state index in [9.17, 15) is 13.2 Å². The maximum atomic E-state index is 12.3. The first kappa shape index (κ1) is 16.7. The van der Waals surface area contributed by atoms with Gasteiger partial charge in [-0.1, -0.05) is 0 Å². The van der Waals surface area contributed by atoms with Crippen molar-refractivity contribution in [1.29, 1.82) is 0 Å². The van der Waals surface area contributed by atoms with E-state index >= 15 is 0 Å². The highest BCUT2D eigenvalue weighted by atomic mass is 32.2. The molecule has 0 saturated carbocycles. The summed E-state index contributed by atoms with van der Waals surface area (Å²) in [5, 5.41) is 2.83. The molecular formula is C15H23N3O3S. The molecule has 1 amide bonds. The molecule has 22 heavy (non-hydrogen) atoms. The molecule has 2 heterocycles. The van der Waals surface area contributed by atoms with E-state index in [1.165, 1.54) is 6.20 Å². The third-order valence-electron chi connectivity index (χ3n) is 4.02. The minimum Gasteiger partial charge on any atom is -0.357 e. The minimum absolute atomic E-state index is 0.00327. The van der Waals surface area contributed by atoms with Crippen LogP contribution in [0.15, 0.2) is 18.3 Å². The first-order valence-electron chi connectivity index (χ1n) is 7.52. The zero-order valence-electron chi connectivity index (χ0n) is 13.3. The molecule has 1 aliphatic rings. The summed E-state index contributed by atoms with van der Waals surface area (Å²) in [6.45, 7) is 7.57. The number of carbonyl (C=O) groups excluding carboxylic acids is 1. The van der Waals surface area contributed by atoms with Gasteiger partial charge >= 0.3 is 0 Å². The number of aromatic nitrogens is 1. The van der Waals surface area contributed by atoms with Gasteiger partial charge in [-0.05, 0) is 39.3 Å². The van der Waals surface area contributed by atoms with Gasteiger partial charge in [-0.2, -0.15) is 0 Å². The minimum atomic E-state index is -3.04. The van der Waals surface area contributed by atoms with Gasteiger partial charge in [0.25, 0.3) is 5.91 Å². The van der Waals surface area contributed by atoms with Gasteiger partial charge in [-0.3, -0.25) is 4.79 Å². The second-order valence-corrected chi connectivity index (χ2v) is 8.12. The van der Waals surface area contributed by atoms with Crippen LogP contribution in [0.4, 0.5) is 5.82 Å². The first-order valence-corrected chi connectivity index (χ1v) is 9.34. The number of nitrogens with one attached hydrogen (secondary N) is 1. The van der Waals surface area contributed by atoms with Gasteiger partial charge in [0.2, 0.25) is 0 Å². The summed E-state index contributed by atoms with van der Waals surface area (Å²) >= 11 is 0. The molecule has 1 aromatic heterocycles. The van der Waals surface area contributed by atoms with E-state index in [0.29, 0.717) is 12.0 Å². The molecule has 122 valence electrons. The van der Waals surface area contributed by atoms with Gasteiger partial charge in [0.15, 0.2) is 9.84 Å². The fourth-order valence-electron chi connectivity index (χ4n) is 2.71. The summed E-state index contributed by atoms with van der Waals surface area (Å²) in [5.41, 5.74) is -0.241. The van der Waals surface area contributed by atoms with Crippen LogP contribution in [0.1, 0.15) is 37.6 Å². The van der Waals surface area contributed by atoms with Crippen LogP contribution in [0.3, 0.4) is 0 Å². The molecule has 1 aromatic rings. The van der Waals surface area contributed by atoms with Crippen LogP contribution in [-0.2, 0) is 9.84 Å². The Bertz CT molecular complexity index is 639. The maximum absolute atomic E-state index is 12.3. The summed E-state index contributed by atoms with van der Waals surface area (Å²) in [4.78, 5) is 18.7. The summed E-state index contributed by atoms with van der Waals surface area (Å²) in [5.74, 6) is 0.675. The third kappa shape index (κ3) is 3.76. The van der Waals surface area contributed by atoms with E-state index in [1.54, 1.807) is 13.0 Å². The number of hydrogen-bond donors (Lipinski definition) is 1. The van der Waals surface area contributed by atoms with Crippen molar-refractivity contribution in [1.82, 2.24) is 10.3 Å². The molecule has 2 rings (SSSR count). The molecule has 0 radical (unpaired) electrons. The molecular weight excluding hydrogens is 302 g/mol. The summed E-state index contributed by atoms with van der Waals surface area (Å²) in [6, 6.07) is 3.54. The monoisotopic (exact) mass is 325 g/mol. The number of carbonyl (C=O) groups is 1. The predicted molar refractivity (Wildman–Crippen MR) is 86.9 cm³/mol. The van der Waals surface area contributed by atoms with Crippen molar-refractivity contribution in [2.75, 3.05) is 29.5 Å². The second-order valence-electron chi connectivity index (χ2n) is 5.93. The van der Waals surface area contributed by atoms with Crippen molar-refractivity contribution >= 4 is 21.6 Å². The Labute approximate surface area is 131 Å². The second kappa shape index (κ2) is 6.24. The van der Waals surface area contributed by atoms with Crippen molar-refractivity contribution in [2.24, 2.45) is 0 Å². The van der Waals surface area contributed by atoms with Crippen molar-refractivity contribution in [2.45, 2.75) is 32.7 Å². The molecule has 0 spiro atoms. The Balaban J connectivity index is 2.07. The number of hydrogen-bond acceptors (Lipinski definition) is 5. The van der Waals surface area contributed by atoms with E-state index in [-0.39, 0.29) is 17.4 Å². The highest BCUT2D eigenvalue weighted by Gasteiger charge is 2.39. The van der Waals surface area contributed by atoms with Crippen LogP contribution in [0.25, 0.3) is 0 Å². The number of amides is 1. The number of anilines is 1. The van der Waals surface area contributed by atoms with E-state index in [2.05, 4.69) is 15.2 Å². The average molecular weight is 325 g/mol. The van der Waals surface area contributed by atoms with Crippen molar-refractivity contribution < 1.29 is 13.2 Å². The van der Waals surface area contributed by atoms with Gasteiger partial charge in [0.1, 0.15) is 5.82 Å². The predicted octanol–water partition coefficient (Wildman–Crippen LogP) is 1.23. The molecule has 1 unspecified atom stereocenters. The number of pyridine rings is 1. The first-order chi connectivity index (χ1) is 10.3. The Kier molecular flexibility index (Phi) is 4.75. The lowest BCUT2D eigenvalue weighted by Crippen LogP contribution is -2.46. The Hall–Kier alpha value is -1.63. The molecule has 1 N–H and O–H groups in total. The maximum Gasteiger partial charge on any atom is 0.253 e. The highest BCUT2D eigenvalue weighted by molar-refractivity contribution is 7.91. The molecule has 6 nitrogen and oxygen atoms in total. The molecule has 0 aromatic carbocycles. The zero-order chi connectivity index (χ0) is 16.4. The summed E-state index contributed by atoms with van der Waals surface area (Å²) in [7, 11) is -3.04. The lowest BCUT2D eigenvalue weighted by molar-refractivity contribution is 0.0915. The van der Waals surface area contributed by atoms with Crippen molar-refractivity contribution in [3.63, 3.8) is 0 Å². The lowest BCUT2D eigenvalue weighted by Gasteiger charge is -2.24. The standard InChI is InChI=1S/C15H23N3O3S/c1-4-18(5-2)13-7-6-12(10-16-13)14(19)17-15(3)8-9-22(20,21)11-15/h6-7,10H,4-5,8-9,11H2,1-3H3,(H,17,19). The van der Waals surface area contributed by atoms with Gasteiger partial charge in [-0.25, -0.2) is 13.4 Å². The summed E-state index contributed by atoms with van der Waals surface area (Å²) in [6.07, 6.45) is 1.99. The number of rotatable bonds is 5. The lowest BCUT2D eigenvalue weighted by atomic mass is 10.0.